The van der Waals surface area contributed by atoms with Gasteiger partial charge in [-0.2, -0.15) is 0 Å². The number of aromatic amines is 1. The summed E-state index contributed by atoms with van der Waals surface area (Å²) in [5, 5.41) is 1.19. The van der Waals surface area contributed by atoms with Crippen LogP contribution in [-0.2, 0) is 4.79 Å². The number of carbonyl (C=O) groups excluding carboxylic acids is 2. The Morgan fingerprint density at radius 3 is 2.58 bits per heavy atom. The Labute approximate surface area is 182 Å². The molecular formula is C25H28N2O4. The van der Waals surface area contributed by atoms with Gasteiger partial charge in [-0.3, -0.25) is 9.59 Å². The number of Topliss-reactive ketones (excluding diaryl/α,β-unsaturated/α-hetero) is 1. The van der Waals surface area contributed by atoms with Crippen LogP contribution in [0.5, 0.6) is 11.5 Å². The van der Waals surface area contributed by atoms with Crippen molar-refractivity contribution in [1.82, 2.24) is 9.88 Å². The van der Waals surface area contributed by atoms with Gasteiger partial charge < -0.3 is 19.4 Å². The van der Waals surface area contributed by atoms with Gasteiger partial charge in [-0.05, 0) is 68.5 Å². The van der Waals surface area contributed by atoms with E-state index in [0.717, 1.165) is 24.1 Å². The fraction of sp³-hybridized carbons (Fsp3) is 0.360. The number of rotatable bonds is 6. The number of carbonyl (C=O) groups is 2. The van der Waals surface area contributed by atoms with Gasteiger partial charge in [-0.1, -0.05) is 12.1 Å². The lowest BCUT2D eigenvalue weighted by Crippen LogP contribution is -2.44. The van der Waals surface area contributed by atoms with Gasteiger partial charge >= 0.3 is 0 Å². The largest absolute Gasteiger partial charge is 0.497 e. The van der Waals surface area contributed by atoms with Crippen LogP contribution in [0.4, 0.5) is 0 Å². The highest BCUT2D eigenvalue weighted by Crippen LogP contribution is 2.35. The van der Waals surface area contributed by atoms with Crippen LogP contribution in [0.15, 0.2) is 48.7 Å². The quantitative estimate of drug-likeness (QED) is 0.594. The average molecular weight is 421 g/mol. The maximum atomic E-state index is 12.9. The van der Waals surface area contributed by atoms with Crippen molar-refractivity contribution in [3.8, 4) is 11.5 Å². The SMILES string of the molecule is COc1ccc2[nH]cc(C3CCN(C(=O)C(C)Oc4cccc(C(C)=O)c4)CC3)c2c1. The van der Waals surface area contributed by atoms with Gasteiger partial charge in [0.15, 0.2) is 11.9 Å². The Morgan fingerprint density at radius 1 is 1.10 bits per heavy atom. The van der Waals surface area contributed by atoms with E-state index in [2.05, 4.69) is 17.2 Å². The number of methoxy groups -OCH3 is 1. The zero-order valence-electron chi connectivity index (χ0n) is 18.2. The van der Waals surface area contributed by atoms with Gasteiger partial charge in [-0.25, -0.2) is 0 Å². The van der Waals surface area contributed by atoms with Crippen molar-refractivity contribution in [2.75, 3.05) is 20.2 Å². The molecule has 1 aliphatic heterocycles. The second kappa shape index (κ2) is 8.84. The number of fused-ring (bicyclic) bond motifs is 1. The number of likely N-dealkylation sites (tertiary alicyclic amines) is 1. The van der Waals surface area contributed by atoms with Crippen LogP contribution in [0.25, 0.3) is 10.9 Å². The fourth-order valence-electron chi connectivity index (χ4n) is 4.30. The number of piperidine rings is 1. The van der Waals surface area contributed by atoms with Crippen molar-refractivity contribution in [2.24, 2.45) is 0 Å². The molecule has 1 fully saturated rings. The highest BCUT2D eigenvalue weighted by atomic mass is 16.5. The van der Waals surface area contributed by atoms with Crippen LogP contribution >= 0.6 is 0 Å². The minimum absolute atomic E-state index is 0.0210. The number of hydrogen-bond acceptors (Lipinski definition) is 4. The van der Waals surface area contributed by atoms with Crippen LogP contribution in [-0.4, -0.2) is 47.9 Å². The third-order valence-electron chi connectivity index (χ3n) is 6.07. The van der Waals surface area contributed by atoms with E-state index in [1.54, 1.807) is 38.3 Å². The van der Waals surface area contributed by atoms with Gasteiger partial charge in [-0.15, -0.1) is 0 Å². The molecule has 0 aliphatic carbocycles. The van der Waals surface area contributed by atoms with Gasteiger partial charge in [0.1, 0.15) is 11.5 Å². The number of ketones is 1. The average Bonchev–Trinajstić information content (AvgIpc) is 3.22. The van der Waals surface area contributed by atoms with Crippen LogP contribution in [0.1, 0.15) is 48.5 Å². The van der Waals surface area contributed by atoms with E-state index in [0.29, 0.717) is 30.3 Å². The summed E-state index contributed by atoms with van der Waals surface area (Å²) in [5.74, 6) is 1.74. The molecule has 1 atom stereocenters. The van der Waals surface area contributed by atoms with Crippen molar-refractivity contribution in [3.63, 3.8) is 0 Å². The third kappa shape index (κ3) is 4.43. The number of nitrogens with zero attached hydrogens (tertiary/aromatic N) is 1. The van der Waals surface area contributed by atoms with E-state index in [1.165, 1.54) is 17.9 Å². The van der Waals surface area contributed by atoms with E-state index < -0.39 is 6.10 Å². The Kier molecular flexibility index (Phi) is 5.98. The molecule has 2 heterocycles. The molecule has 0 spiro atoms. The van der Waals surface area contributed by atoms with E-state index in [1.807, 2.05) is 17.0 Å². The minimum atomic E-state index is -0.601. The number of H-pyrrole nitrogens is 1. The van der Waals surface area contributed by atoms with Crippen LogP contribution in [0.3, 0.4) is 0 Å². The first kappa shape index (κ1) is 21.0. The summed E-state index contributed by atoms with van der Waals surface area (Å²) >= 11 is 0. The molecule has 162 valence electrons. The monoisotopic (exact) mass is 420 g/mol. The molecule has 1 aliphatic rings. The lowest BCUT2D eigenvalue weighted by atomic mass is 9.89. The van der Waals surface area contributed by atoms with Gasteiger partial charge in [0, 0.05) is 35.8 Å². The van der Waals surface area contributed by atoms with E-state index >= 15 is 0 Å². The highest BCUT2D eigenvalue weighted by molar-refractivity contribution is 5.94. The van der Waals surface area contributed by atoms with Gasteiger partial charge in [0.05, 0.1) is 7.11 Å². The molecule has 1 unspecified atom stereocenters. The maximum absolute atomic E-state index is 12.9. The summed E-state index contributed by atoms with van der Waals surface area (Å²) in [5.41, 5.74) is 2.96. The molecule has 6 nitrogen and oxygen atoms in total. The second-order valence-electron chi connectivity index (χ2n) is 8.10. The smallest absolute Gasteiger partial charge is 0.263 e. The lowest BCUT2D eigenvalue weighted by Gasteiger charge is -2.33. The number of benzene rings is 2. The summed E-state index contributed by atoms with van der Waals surface area (Å²) in [6.07, 6.45) is 3.29. The Morgan fingerprint density at radius 2 is 1.87 bits per heavy atom. The van der Waals surface area contributed by atoms with Crippen molar-refractivity contribution in [3.05, 3.63) is 59.8 Å². The molecule has 0 bridgehead atoms. The molecular weight excluding hydrogens is 392 g/mol. The summed E-state index contributed by atoms with van der Waals surface area (Å²) < 4.78 is 11.2. The molecule has 6 heteroatoms. The molecule has 0 saturated carbocycles. The molecule has 2 aromatic carbocycles. The molecule has 4 rings (SSSR count). The summed E-state index contributed by atoms with van der Waals surface area (Å²) in [6, 6.07) is 13.0. The number of hydrogen-bond donors (Lipinski definition) is 1. The first-order chi connectivity index (χ1) is 15.0. The van der Waals surface area contributed by atoms with E-state index in [4.69, 9.17) is 9.47 Å². The number of ether oxygens (including phenoxy) is 2. The molecule has 1 amide bonds. The summed E-state index contributed by atoms with van der Waals surface area (Å²) in [6.45, 7) is 4.67. The zero-order chi connectivity index (χ0) is 22.0. The van der Waals surface area contributed by atoms with Crippen LogP contribution in [0, 0.1) is 0 Å². The van der Waals surface area contributed by atoms with Crippen LogP contribution < -0.4 is 9.47 Å². The third-order valence-corrected chi connectivity index (χ3v) is 6.07. The number of aromatic nitrogens is 1. The van der Waals surface area contributed by atoms with Crippen molar-refractivity contribution in [2.45, 2.75) is 38.7 Å². The minimum Gasteiger partial charge on any atom is -0.497 e. The van der Waals surface area contributed by atoms with Crippen molar-refractivity contribution >= 4 is 22.6 Å². The van der Waals surface area contributed by atoms with Crippen LogP contribution in [0.2, 0.25) is 0 Å². The molecule has 1 aromatic heterocycles. The Balaban J connectivity index is 1.39. The lowest BCUT2D eigenvalue weighted by molar-refractivity contribution is -0.139. The highest BCUT2D eigenvalue weighted by Gasteiger charge is 2.28. The van der Waals surface area contributed by atoms with Gasteiger partial charge in [0.2, 0.25) is 0 Å². The fourth-order valence-corrected chi connectivity index (χ4v) is 4.30. The predicted octanol–water partition coefficient (Wildman–Crippen LogP) is 4.55. The van der Waals surface area contributed by atoms with E-state index in [9.17, 15) is 9.59 Å². The summed E-state index contributed by atoms with van der Waals surface area (Å²) in [7, 11) is 1.68. The van der Waals surface area contributed by atoms with E-state index in [-0.39, 0.29) is 11.7 Å². The molecule has 31 heavy (non-hydrogen) atoms. The molecule has 1 saturated heterocycles. The standard InChI is InChI=1S/C25H28N2O4/c1-16(28)19-5-4-6-21(13-19)31-17(2)25(29)27-11-9-18(10-12-27)23-15-26-24-8-7-20(30-3)14-22(23)24/h4-8,13-15,17-18,26H,9-12H2,1-3H3. The Bertz CT molecular complexity index is 1100. The first-order valence-corrected chi connectivity index (χ1v) is 10.7. The first-order valence-electron chi connectivity index (χ1n) is 10.7. The van der Waals surface area contributed by atoms with Gasteiger partial charge in [0.25, 0.3) is 5.91 Å². The topological polar surface area (TPSA) is 71.6 Å². The zero-order valence-corrected chi connectivity index (χ0v) is 18.2. The van der Waals surface area contributed by atoms with Crippen molar-refractivity contribution < 1.29 is 19.1 Å². The molecule has 1 N–H and O–H groups in total. The Hall–Kier alpha value is -3.28. The number of nitrogens with one attached hydrogen (secondary N) is 1. The molecule has 0 radical (unpaired) electrons. The summed E-state index contributed by atoms with van der Waals surface area (Å²) in [4.78, 5) is 29.7. The molecule has 3 aromatic rings. The second-order valence-corrected chi connectivity index (χ2v) is 8.10. The number of amides is 1. The van der Waals surface area contributed by atoms with Crippen molar-refractivity contribution in [1.29, 1.82) is 0 Å². The normalized spacial score (nSPS) is 15.6. The predicted molar refractivity (Wildman–Crippen MR) is 120 cm³/mol. The maximum Gasteiger partial charge on any atom is 0.263 e.